The van der Waals surface area contributed by atoms with Gasteiger partial charge in [0.1, 0.15) is 5.82 Å². The van der Waals surface area contributed by atoms with E-state index in [1.54, 1.807) is 0 Å². The average Bonchev–Trinajstić information content (AvgIpc) is 2.40. The Bertz CT molecular complexity index is 359. The molecule has 0 bridgehead atoms. The molecule has 2 rings (SSSR count). The third-order valence-corrected chi connectivity index (χ3v) is 2.67. The number of anilines is 1. The highest BCUT2D eigenvalue weighted by Gasteiger charge is 2.20. The fraction of sp³-hybridized carbons (Fsp3) is 0.583. The quantitative estimate of drug-likeness (QED) is 0.836. The second kappa shape index (κ2) is 5.84. The van der Waals surface area contributed by atoms with Gasteiger partial charge in [0, 0.05) is 19.2 Å². The second-order valence-corrected chi connectivity index (χ2v) is 3.89. The number of hydrogen-bond donors (Lipinski definition) is 1. The first-order valence-electron chi connectivity index (χ1n) is 5.90. The maximum Gasteiger partial charge on any atom is 0.215 e. The standard InChI is InChI=1S/C12H18N2O3/c1-2-16-12-5-3-4-11(13-12)14-6-7-17-10(8-14)9-15/h3-5,10,15H,2,6-9H2,1H3. The van der Waals surface area contributed by atoms with Crippen LogP contribution in [0.15, 0.2) is 18.2 Å². The Morgan fingerprint density at radius 3 is 3.24 bits per heavy atom. The minimum atomic E-state index is -0.124. The van der Waals surface area contributed by atoms with Crippen LogP contribution in [0.3, 0.4) is 0 Å². The van der Waals surface area contributed by atoms with Crippen LogP contribution in [0.4, 0.5) is 5.82 Å². The van der Waals surface area contributed by atoms with Gasteiger partial charge in [0.05, 0.1) is 25.9 Å². The van der Waals surface area contributed by atoms with Crippen LogP contribution < -0.4 is 9.64 Å². The molecule has 94 valence electrons. The summed E-state index contributed by atoms with van der Waals surface area (Å²) in [6.07, 6.45) is -0.124. The number of hydrogen-bond acceptors (Lipinski definition) is 5. The third kappa shape index (κ3) is 3.08. The summed E-state index contributed by atoms with van der Waals surface area (Å²) in [5.41, 5.74) is 0. The largest absolute Gasteiger partial charge is 0.478 e. The maximum atomic E-state index is 9.10. The van der Waals surface area contributed by atoms with E-state index in [1.807, 2.05) is 25.1 Å². The minimum Gasteiger partial charge on any atom is -0.478 e. The van der Waals surface area contributed by atoms with Gasteiger partial charge in [-0.2, -0.15) is 4.98 Å². The first-order valence-corrected chi connectivity index (χ1v) is 5.90. The summed E-state index contributed by atoms with van der Waals surface area (Å²) in [6, 6.07) is 5.72. The summed E-state index contributed by atoms with van der Waals surface area (Å²) in [5, 5.41) is 9.10. The van der Waals surface area contributed by atoms with Crippen molar-refractivity contribution in [2.24, 2.45) is 0 Å². The molecular formula is C12H18N2O3. The number of nitrogens with zero attached hydrogens (tertiary/aromatic N) is 2. The molecule has 0 saturated carbocycles. The number of aromatic nitrogens is 1. The molecule has 1 aromatic rings. The van der Waals surface area contributed by atoms with E-state index >= 15 is 0 Å². The van der Waals surface area contributed by atoms with Gasteiger partial charge in [-0.1, -0.05) is 6.07 Å². The minimum absolute atomic E-state index is 0.0433. The lowest BCUT2D eigenvalue weighted by atomic mass is 10.3. The van der Waals surface area contributed by atoms with E-state index in [-0.39, 0.29) is 12.7 Å². The number of ether oxygens (including phenoxy) is 2. The van der Waals surface area contributed by atoms with Crippen molar-refractivity contribution in [1.82, 2.24) is 4.98 Å². The van der Waals surface area contributed by atoms with Gasteiger partial charge < -0.3 is 19.5 Å². The lowest BCUT2D eigenvalue weighted by molar-refractivity contribution is 0.00334. The van der Waals surface area contributed by atoms with Gasteiger partial charge in [-0.15, -0.1) is 0 Å². The highest BCUT2D eigenvalue weighted by Crippen LogP contribution is 2.18. The van der Waals surface area contributed by atoms with Crippen LogP contribution in [-0.4, -0.2) is 49.1 Å². The van der Waals surface area contributed by atoms with Gasteiger partial charge in [-0.05, 0) is 13.0 Å². The van der Waals surface area contributed by atoms with Crippen molar-refractivity contribution in [2.45, 2.75) is 13.0 Å². The molecular weight excluding hydrogens is 220 g/mol. The topological polar surface area (TPSA) is 54.8 Å². The second-order valence-electron chi connectivity index (χ2n) is 3.89. The number of morpholine rings is 1. The molecule has 1 atom stereocenters. The lowest BCUT2D eigenvalue weighted by Gasteiger charge is -2.32. The van der Waals surface area contributed by atoms with Crippen molar-refractivity contribution in [2.75, 3.05) is 37.8 Å². The molecule has 5 heteroatoms. The van der Waals surface area contributed by atoms with E-state index in [0.29, 0.717) is 25.6 Å². The summed E-state index contributed by atoms with van der Waals surface area (Å²) in [5.74, 6) is 1.51. The Morgan fingerprint density at radius 1 is 1.59 bits per heavy atom. The zero-order chi connectivity index (χ0) is 12.1. The number of rotatable bonds is 4. The molecule has 2 heterocycles. The Labute approximate surface area is 101 Å². The normalized spacial score (nSPS) is 20.4. The van der Waals surface area contributed by atoms with Gasteiger partial charge >= 0.3 is 0 Å². The first kappa shape index (κ1) is 12.1. The van der Waals surface area contributed by atoms with Crippen molar-refractivity contribution in [3.8, 4) is 5.88 Å². The Kier molecular flexibility index (Phi) is 4.17. The Morgan fingerprint density at radius 2 is 2.47 bits per heavy atom. The summed E-state index contributed by atoms with van der Waals surface area (Å²) >= 11 is 0. The molecule has 0 aromatic carbocycles. The molecule has 1 aliphatic heterocycles. The highest BCUT2D eigenvalue weighted by molar-refractivity contribution is 5.41. The van der Waals surface area contributed by atoms with Gasteiger partial charge in [0.25, 0.3) is 0 Å². The van der Waals surface area contributed by atoms with Crippen molar-refractivity contribution >= 4 is 5.82 Å². The third-order valence-electron chi connectivity index (χ3n) is 2.67. The highest BCUT2D eigenvalue weighted by atomic mass is 16.5. The fourth-order valence-electron chi connectivity index (χ4n) is 1.85. The smallest absolute Gasteiger partial charge is 0.215 e. The average molecular weight is 238 g/mol. The maximum absolute atomic E-state index is 9.10. The summed E-state index contributed by atoms with van der Waals surface area (Å²) in [4.78, 5) is 6.53. The number of pyridine rings is 1. The first-order chi connectivity index (χ1) is 8.33. The van der Waals surface area contributed by atoms with Crippen molar-refractivity contribution < 1.29 is 14.6 Å². The molecule has 17 heavy (non-hydrogen) atoms. The fourth-order valence-corrected chi connectivity index (χ4v) is 1.85. The number of aliphatic hydroxyl groups is 1. The predicted octanol–water partition coefficient (Wildman–Crippen LogP) is 0.678. The van der Waals surface area contributed by atoms with Crippen LogP contribution in [0.25, 0.3) is 0 Å². The van der Waals surface area contributed by atoms with E-state index in [0.717, 1.165) is 12.4 Å². The SMILES string of the molecule is CCOc1cccc(N2CCOC(CO)C2)n1. The zero-order valence-corrected chi connectivity index (χ0v) is 10.0. The predicted molar refractivity (Wildman–Crippen MR) is 64.4 cm³/mol. The van der Waals surface area contributed by atoms with Gasteiger partial charge in [0.2, 0.25) is 5.88 Å². The summed E-state index contributed by atoms with van der Waals surface area (Å²) in [6.45, 7) is 4.66. The molecule has 0 radical (unpaired) electrons. The van der Waals surface area contributed by atoms with E-state index in [1.165, 1.54) is 0 Å². The summed E-state index contributed by atoms with van der Waals surface area (Å²) in [7, 11) is 0. The molecule has 1 N–H and O–H groups in total. The van der Waals surface area contributed by atoms with Crippen molar-refractivity contribution in [1.29, 1.82) is 0 Å². The Hall–Kier alpha value is -1.33. The van der Waals surface area contributed by atoms with Crippen LogP contribution in [0.2, 0.25) is 0 Å². The zero-order valence-electron chi connectivity index (χ0n) is 10.0. The molecule has 1 unspecified atom stereocenters. The molecule has 1 aliphatic rings. The molecule has 1 aromatic heterocycles. The van der Waals surface area contributed by atoms with Crippen LogP contribution in [0.1, 0.15) is 6.92 Å². The Balaban J connectivity index is 2.07. The van der Waals surface area contributed by atoms with E-state index in [9.17, 15) is 0 Å². The van der Waals surface area contributed by atoms with E-state index < -0.39 is 0 Å². The van der Waals surface area contributed by atoms with Crippen molar-refractivity contribution in [3.63, 3.8) is 0 Å². The molecule has 1 saturated heterocycles. The van der Waals surface area contributed by atoms with Gasteiger partial charge in [-0.3, -0.25) is 0 Å². The lowest BCUT2D eigenvalue weighted by Crippen LogP contribution is -2.44. The van der Waals surface area contributed by atoms with Crippen LogP contribution in [0.5, 0.6) is 5.88 Å². The van der Waals surface area contributed by atoms with E-state index in [4.69, 9.17) is 14.6 Å². The molecule has 0 amide bonds. The molecule has 5 nitrogen and oxygen atoms in total. The van der Waals surface area contributed by atoms with Crippen molar-refractivity contribution in [3.05, 3.63) is 18.2 Å². The number of aliphatic hydroxyl groups excluding tert-OH is 1. The van der Waals surface area contributed by atoms with E-state index in [2.05, 4.69) is 9.88 Å². The van der Waals surface area contributed by atoms with Crippen LogP contribution in [0, 0.1) is 0 Å². The van der Waals surface area contributed by atoms with Crippen LogP contribution in [-0.2, 0) is 4.74 Å². The molecule has 1 fully saturated rings. The van der Waals surface area contributed by atoms with Gasteiger partial charge in [0.15, 0.2) is 0 Å². The molecule has 0 spiro atoms. The van der Waals surface area contributed by atoms with Crippen LogP contribution >= 0.6 is 0 Å². The monoisotopic (exact) mass is 238 g/mol. The molecule has 0 aliphatic carbocycles. The summed E-state index contributed by atoms with van der Waals surface area (Å²) < 4.78 is 10.8. The van der Waals surface area contributed by atoms with Gasteiger partial charge in [-0.25, -0.2) is 0 Å².